The van der Waals surface area contributed by atoms with Crippen LogP contribution >= 0.6 is 11.3 Å². The van der Waals surface area contributed by atoms with E-state index in [2.05, 4.69) is 30.2 Å². The number of hydrogen-bond acceptors (Lipinski definition) is 6. The zero-order valence-electron chi connectivity index (χ0n) is 20.7. The van der Waals surface area contributed by atoms with Crippen LogP contribution in [0.5, 0.6) is 0 Å². The molecule has 2 N–H and O–H groups in total. The van der Waals surface area contributed by atoms with E-state index in [0.29, 0.717) is 19.3 Å². The van der Waals surface area contributed by atoms with E-state index in [4.69, 9.17) is 5.73 Å². The number of sulfone groups is 1. The first-order valence-corrected chi connectivity index (χ1v) is 14.8. The van der Waals surface area contributed by atoms with Crippen molar-refractivity contribution in [2.24, 2.45) is 11.7 Å². The zero-order valence-corrected chi connectivity index (χ0v) is 22.4. The molecule has 2 aromatic carbocycles. The highest BCUT2D eigenvalue weighted by Gasteiger charge is 2.55. The summed E-state index contributed by atoms with van der Waals surface area (Å²) >= 11 is 1.58. The summed E-state index contributed by atoms with van der Waals surface area (Å²) < 4.78 is 23.6. The number of hydrogen-bond donors (Lipinski definition) is 1. The number of nitrogens with zero attached hydrogens (tertiary/aromatic N) is 2. The van der Waals surface area contributed by atoms with Crippen LogP contribution in [-0.2, 0) is 14.6 Å². The first-order chi connectivity index (χ1) is 17.1. The molecule has 1 fully saturated rings. The lowest BCUT2D eigenvalue weighted by molar-refractivity contribution is -0.125. The van der Waals surface area contributed by atoms with Crippen molar-refractivity contribution in [3.63, 3.8) is 0 Å². The Morgan fingerprint density at radius 1 is 1.06 bits per heavy atom. The largest absolute Gasteiger partial charge is 0.368 e. The van der Waals surface area contributed by atoms with Crippen LogP contribution in [-0.4, -0.2) is 37.1 Å². The van der Waals surface area contributed by atoms with Crippen molar-refractivity contribution in [2.75, 3.05) is 6.26 Å². The molecule has 1 aromatic heterocycles. The van der Waals surface area contributed by atoms with Gasteiger partial charge in [0.1, 0.15) is 5.54 Å². The number of benzene rings is 2. The number of amides is 1. The van der Waals surface area contributed by atoms with Crippen molar-refractivity contribution in [1.82, 2.24) is 4.90 Å². The van der Waals surface area contributed by atoms with E-state index < -0.39 is 27.3 Å². The van der Waals surface area contributed by atoms with Crippen molar-refractivity contribution in [3.05, 3.63) is 76.5 Å². The van der Waals surface area contributed by atoms with Gasteiger partial charge in [-0.1, -0.05) is 50.2 Å². The summed E-state index contributed by atoms with van der Waals surface area (Å²) in [6.07, 6.45) is 3.18. The van der Waals surface area contributed by atoms with Crippen molar-refractivity contribution < 1.29 is 13.2 Å². The Hall–Kier alpha value is -2.99. The second kappa shape index (κ2) is 10.2. The predicted octanol–water partition coefficient (Wildman–Crippen LogP) is 5.17. The summed E-state index contributed by atoms with van der Waals surface area (Å²) in [7, 11) is -3.26. The van der Waals surface area contributed by atoms with E-state index in [1.165, 1.54) is 6.26 Å². The van der Waals surface area contributed by atoms with Gasteiger partial charge in [-0.2, -0.15) is 16.6 Å². The summed E-state index contributed by atoms with van der Waals surface area (Å²) in [6.45, 7) is 4.12. The summed E-state index contributed by atoms with van der Waals surface area (Å²) in [4.78, 5) is 15.1. The lowest BCUT2D eigenvalue weighted by atomic mass is 9.91. The quantitative estimate of drug-likeness (QED) is 0.397. The third kappa shape index (κ3) is 5.39. The maximum Gasteiger partial charge on any atom is 0.234 e. The average Bonchev–Trinajstić information content (AvgIpc) is 3.45. The van der Waals surface area contributed by atoms with Gasteiger partial charge in [0.05, 0.1) is 23.0 Å². The molecule has 1 saturated carbocycles. The van der Waals surface area contributed by atoms with E-state index in [1.807, 2.05) is 35.7 Å². The Bertz CT molecular complexity index is 1350. The minimum atomic E-state index is -3.26. The number of thiophene rings is 1. The molecule has 1 aliphatic carbocycles. The Labute approximate surface area is 217 Å². The van der Waals surface area contributed by atoms with Gasteiger partial charge in [-0.15, -0.1) is 0 Å². The highest BCUT2D eigenvalue weighted by molar-refractivity contribution is 7.90. The first-order valence-electron chi connectivity index (χ1n) is 12.0. The maximum atomic E-state index is 12.7. The SMILES string of the molecule is CC(C)C[C@@H](C(N)=O)N([C@@H](c1ccc(-c2ccc(S(C)(=O)=O)cc2)cc1)c1ccsc1)C1(C#N)CC1. The van der Waals surface area contributed by atoms with Gasteiger partial charge in [0.2, 0.25) is 5.91 Å². The summed E-state index contributed by atoms with van der Waals surface area (Å²) in [5, 5.41) is 14.2. The summed E-state index contributed by atoms with van der Waals surface area (Å²) in [6, 6.07) is 18.5. The highest BCUT2D eigenvalue weighted by atomic mass is 32.2. The summed E-state index contributed by atoms with van der Waals surface area (Å²) in [5.74, 6) is -0.173. The third-order valence-electron chi connectivity index (χ3n) is 6.76. The van der Waals surface area contributed by atoms with Crippen LogP contribution in [0.2, 0.25) is 0 Å². The van der Waals surface area contributed by atoms with E-state index in [-0.39, 0.29) is 16.9 Å². The Morgan fingerprint density at radius 2 is 1.64 bits per heavy atom. The predicted molar refractivity (Wildman–Crippen MR) is 143 cm³/mol. The van der Waals surface area contributed by atoms with Crippen molar-refractivity contribution in [3.8, 4) is 17.2 Å². The molecule has 8 heteroatoms. The lowest BCUT2D eigenvalue weighted by Gasteiger charge is -2.41. The molecule has 3 aromatic rings. The standard InChI is InChI=1S/C28H31N3O3S2/c1-19(2)16-25(27(30)32)31(28(18-29)13-14-28)26(23-12-15-35-17-23)22-6-4-20(5-7-22)21-8-10-24(11-9-21)36(3,33)34/h4-12,15,17,19,25-26H,13-14,16H2,1-3H3,(H2,30,32)/t25-,26-/m0/s1. The van der Waals surface area contributed by atoms with Gasteiger partial charge in [-0.05, 0) is 76.4 Å². The van der Waals surface area contributed by atoms with Gasteiger partial charge in [-0.3, -0.25) is 9.69 Å². The molecule has 0 spiro atoms. The van der Waals surface area contributed by atoms with Crippen LogP contribution in [0.15, 0.2) is 70.3 Å². The molecule has 2 atom stereocenters. The molecule has 6 nitrogen and oxygen atoms in total. The second-order valence-corrected chi connectivity index (χ2v) is 12.8. The fourth-order valence-corrected chi connectivity index (χ4v) is 6.09. The van der Waals surface area contributed by atoms with Crippen LogP contribution in [0.25, 0.3) is 11.1 Å². The highest BCUT2D eigenvalue weighted by Crippen LogP contribution is 2.49. The topological polar surface area (TPSA) is 104 Å². The molecule has 4 rings (SSSR count). The van der Waals surface area contributed by atoms with E-state index in [9.17, 15) is 18.5 Å². The Balaban J connectivity index is 1.77. The number of primary amides is 1. The number of carbonyl (C=O) groups is 1. The number of nitriles is 1. The minimum absolute atomic E-state index is 0.236. The van der Waals surface area contributed by atoms with E-state index in [0.717, 1.165) is 22.3 Å². The van der Waals surface area contributed by atoms with Crippen molar-refractivity contribution in [1.29, 1.82) is 5.26 Å². The van der Waals surface area contributed by atoms with E-state index >= 15 is 0 Å². The van der Waals surface area contributed by atoms with Gasteiger partial charge < -0.3 is 5.73 Å². The van der Waals surface area contributed by atoms with Crippen molar-refractivity contribution in [2.45, 2.75) is 55.6 Å². The lowest BCUT2D eigenvalue weighted by Crippen LogP contribution is -2.53. The van der Waals surface area contributed by atoms with Crippen LogP contribution in [0.4, 0.5) is 0 Å². The Morgan fingerprint density at radius 3 is 2.06 bits per heavy atom. The number of nitrogens with two attached hydrogens (primary N) is 1. The fourth-order valence-electron chi connectivity index (χ4n) is 4.78. The Kier molecular flexibility index (Phi) is 7.37. The van der Waals surface area contributed by atoms with Crippen LogP contribution in [0.1, 0.15) is 50.3 Å². The molecule has 1 heterocycles. The zero-order chi connectivity index (χ0) is 26.1. The van der Waals surface area contributed by atoms with Gasteiger partial charge in [-0.25, -0.2) is 8.42 Å². The molecule has 0 unspecified atom stereocenters. The number of rotatable bonds is 10. The maximum absolute atomic E-state index is 12.7. The molecule has 0 radical (unpaired) electrons. The summed E-state index contributed by atoms with van der Waals surface area (Å²) in [5.41, 5.74) is 9.08. The van der Waals surface area contributed by atoms with Crippen LogP contribution in [0, 0.1) is 17.2 Å². The van der Waals surface area contributed by atoms with Gasteiger partial charge >= 0.3 is 0 Å². The number of carbonyl (C=O) groups excluding carboxylic acids is 1. The minimum Gasteiger partial charge on any atom is -0.368 e. The molecule has 1 amide bonds. The molecule has 0 bridgehead atoms. The molecule has 0 saturated heterocycles. The third-order valence-corrected chi connectivity index (χ3v) is 8.59. The van der Waals surface area contributed by atoms with Crippen molar-refractivity contribution >= 4 is 27.1 Å². The normalized spacial score (nSPS) is 16.4. The smallest absolute Gasteiger partial charge is 0.234 e. The average molecular weight is 522 g/mol. The molecule has 0 aliphatic heterocycles. The molecular formula is C28H31N3O3S2. The first kappa shape index (κ1) is 26.1. The molecule has 188 valence electrons. The van der Waals surface area contributed by atoms with Gasteiger partial charge in [0.25, 0.3) is 0 Å². The van der Waals surface area contributed by atoms with Crippen LogP contribution < -0.4 is 5.73 Å². The van der Waals surface area contributed by atoms with E-state index in [1.54, 1.807) is 35.6 Å². The van der Waals surface area contributed by atoms with Gasteiger partial charge in [0, 0.05) is 6.26 Å². The van der Waals surface area contributed by atoms with Gasteiger partial charge in [0.15, 0.2) is 9.84 Å². The van der Waals surface area contributed by atoms with Crippen LogP contribution in [0.3, 0.4) is 0 Å². The monoisotopic (exact) mass is 521 g/mol. The fraction of sp³-hybridized carbons (Fsp3) is 0.357. The molecule has 1 aliphatic rings. The molecule has 36 heavy (non-hydrogen) atoms. The molecular weight excluding hydrogens is 490 g/mol. The second-order valence-electron chi connectivity index (χ2n) is 9.98.